The molecule has 1 aliphatic heterocycles. The molecular weight excluding hydrogens is 418 g/mol. The number of rotatable bonds is 6. The molecule has 2 aromatic carbocycles. The van der Waals surface area contributed by atoms with Gasteiger partial charge in [0.15, 0.2) is 0 Å². The van der Waals surface area contributed by atoms with Crippen molar-refractivity contribution in [2.24, 2.45) is 0 Å². The molecule has 1 aliphatic carbocycles. The molecule has 2 heterocycles. The standard InChI is InChI=1S/C25H29N5OS/c31-23(22(19-9-3-1-4-10-19)20-11-5-2-6-12-20)26-24-27-28-25(32-24)30-17-15-29(16-18-30)21-13-7-8-14-21/h1-6,9-12,21-22H,7-8,13-18H2,(H,26,27,31). The van der Waals surface area contributed by atoms with Gasteiger partial charge in [-0.05, 0) is 24.0 Å². The Labute approximate surface area is 193 Å². The summed E-state index contributed by atoms with van der Waals surface area (Å²) in [6.07, 6.45) is 5.44. The lowest BCUT2D eigenvalue weighted by Crippen LogP contribution is -2.49. The molecule has 2 fully saturated rings. The van der Waals surface area contributed by atoms with Crippen molar-refractivity contribution in [3.8, 4) is 0 Å². The molecule has 166 valence electrons. The highest BCUT2D eigenvalue weighted by atomic mass is 32.1. The van der Waals surface area contributed by atoms with E-state index in [1.54, 1.807) is 0 Å². The van der Waals surface area contributed by atoms with Gasteiger partial charge in [-0.1, -0.05) is 84.8 Å². The average molecular weight is 448 g/mol. The normalized spacial score (nSPS) is 17.7. The monoisotopic (exact) mass is 447 g/mol. The number of carbonyl (C=O) groups is 1. The number of anilines is 2. The van der Waals surface area contributed by atoms with Gasteiger partial charge in [0.1, 0.15) is 0 Å². The van der Waals surface area contributed by atoms with E-state index in [0.717, 1.165) is 48.5 Å². The molecule has 1 saturated heterocycles. The van der Waals surface area contributed by atoms with E-state index >= 15 is 0 Å². The maximum absolute atomic E-state index is 13.3. The fourth-order valence-electron chi connectivity index (χ4n) is 4.91. The summed E-state index contributed by atoms with van der Waals surface area (Å²) in [5.41, 5.74) is 1.92. The van der Waals surface area contributed by atoms with Gasteiger partial charge in [-0.3, -0.25) is 15.0 Å². The van der Waals surface area contributed by atoms with Crippen LogP contribution < -0.4 is 10.2 Å². The van der Waals surface area contributed by atoms with Gasteiger partial charge in [-0.2, -0.15) is 0 Å². The fraction of sp³-hybridized carbons (Fsp3) is 0.400. The van der Waals surface area contributed by atoms with Gasteiger partial charge in [0.2, 0.25) is 16.2 Å². The van der Waals surface area contributed by atoms with E-state index in [4.69, 9.17) is 0 Å². The van der Waals surface area contributed by atoms with E-state index < -0.39 is 0 Å². The lowest BCUT2D eigenvalue weighted by Gasteiger charge is -2.37. The van der Waals surface area contributed by atoms with Gasteiger partial charge < -0.3 is 4.90 Å². The number of carbonyl (C=O) groups excluding carboxylic acids is 1. The van der Waals surface area contributed by atoms with Crippen LogP contribution in [0, 0.1) is 0 Å². The average Bonchev–Trinajstić information content (AvgIpc) is 3.54. The van der Waals surface area contributed by atoms with E-state index in [0.29, 0.717) is 5.13 Å². The van der Waals surface area contributed by atoms with Crippen molar-refractivity contribution in [3.05, 3.63) is 71.8 Å². The molecule has 2 aliphatic rings. The van der Waals surface area contributed by atoms with Crippen LogP contribution in [0.15, 0.2) is 60.7 Å². The minimum absolute atomic E-state index is 0.0869. The Balaban J connectivity index is 1.25. The van der Waals surface area contributed by atoms with E-state index in [2.05, 4.69) is 25.3 Å². The fourth-order valence-corrected chi connectivity index (χ4v) is 5.70. The third-order valence-corrected chi connectivity index (χ3v) is 7.50. The molecule has 0 bridgehead atoms. The van der Waals surface area contributed by atoms with E-state index in [9.17, 15) is 4.79 Å². The van der Waals surface area contributed by atoms with Crippen LogP contribution in [0.2, 0.25) is 0 Å². The zero-order chi connectivity index (χ0) is 21.8. The number of piperazine rings is 1. The number of hydrogen-bond donors (Lipinski definition) is 1. The minimum Gasteiger partial charge on any atom is -0.344 e. The van der Waals surface area contributed by atoms with Crippen molar-refractivity contribution in [2.45, 2.75) is 37.6 Å². The Morgan fingerprint density at radius 1 is 0.875 bits per heavy atom. The molecular formula is C25H29N5OS. The van der Waals surface area contributed by atoms with Crippen LogP contribution in [-0.4, -0.2) is 53.2 Å². The smallest absolute Gasteiger partial charge is 0.238 e. The summed E-state index contributed by atoms with van der Waals surface area (Å²) in [5, 5.41) is 13.1. The van der Waals surface area contributed by atoms with Crippen molar-refractivity contribution < 1.29 is 4.79 Å². The molecule has 0 radical (unpaired) electrons. The first-order valence-electron chi connectivity index (χ1n) is 11.5. The molecule has 0 spiro atoms. The van der Waals surface area contributed by atoms with Crippen LogP contribution in [-0.2, 0) is 4.79 Å². The van der Waals surface area contributed by atoms with Crippen molar-refractivity contribution in [3.63, 3.8) is 0 Å². The summed E-state index contributed by atoms with van der Waals surface area (Å²) >= 11 is 1.46. The predicted octanol–water partition coefficient (Wildman–Crippen LogP) is 4.37. The zero-order valence-electron chi connectivity index (χ0n) is 18.2. The molecule has 1 aromatic heterocycles. The molecule has 3 aromatic rings. The molecule has 0 atom stereocenters. The third kappa shape index (κ3) is 4.69. The van der Waals surface area contributed by atoms with Gasteiger partial charge >= 0.3 is 0 Å². The van der Waals surface area contributed by atoms with Gasteiger partial charge in [-0.25, -0.2) is 0 Å². The van der Waals surface area contributed by atoms with Crippen molar-refractivity contribution in [1.82, 2.24) is 15.1 Å². The Hall–Kier alpha value is -2.77. The molecule has 1 saturated carbocycles. The molecule has 5 rings (SSSR count). The molecule has 32 heavy (non-hydrogen) atoms. The summed E-state index contributed by atoms with van der Waals surface area (Å²) in [7, 11) is 0. The first-order valence-corrected chi connectivity index (χ1v) is 12.3. The summed E-state index contributed by atoms with van der Waals surface area (Å²) in [5.74, 6) is -0.476. The second-order valence-corrected chi connectivity index (χ2v) is 9.55. The van der Waals surface area contributed by atoms with Crippen molar-refractivity contribution in [2.75, 3.05) is 36.4 Å². The van der Waals surface area contributed by atoms with Crippen LogP contribution in [0.1, 0.15) is 42.7 Å². The number of nitrogens with one attached hydrogen (secondary N) is 1. The van der Waals surface area contributed by atoms with Crippen LogP contribution in [0.5, 0.6) is 0 Å². The highest BCUT2D eigenvalue weighted by molar-refractivity contribution is 7.19. The molecule has 1 N–H and O–H groups in total. The third-order valence-electron chi connectivity index (χ3n) is 6.60. The van der Waals surface area contributed by atoms with Gasteiger partial charge in [0.05, 0.1) is 5.92 Å². The van der Waals surface area contributed by atoms with E-state index in [-0.39, 0.29) is 11.8 Å². The van der Waals surface area contributed by atoms with Crippen LogP contribution >= 0.6 is 11.3 Å². The lowest BCUT2D eigenvalue weighted by atomic mass is 9.90. The quantitative estimate of drug-likeness (QED) is 0.608. The topological polar surface area (TPSA) is 61.4 Å². The highest BCUT2D eigenvalue weighted by Crippen LogP contribution is 2.30. The number of hydrogen-bond acceptors (Lipinski definition) is 6. The van der Waals surface area contributed by atoms with Gasteiger partial charge in [0, 0.05) is 32.2 Å². The number of aromatic nitrogens is 2. The maximum atomic E-state index is 13.3. The van der Waals surface area contributed by atoms with Gasteiger partial charge in [-0.15, -0.1) is 10.2 Å². The summed E-state index contributed by atoms with van der Waals surface area (Å²) in [6, 6.07) is 20.5. The molecule has 0 unspecified atom stereocenters. The van der Waals surface area contributed by atoms with Gasteiger partial charge in [0.25, 0.3) is 0 Å². The van der Waals surface area contributed by atoms with Crippen molar-refractivity contribution in [1.29, 1.82) is 0 Å². The Kier molecular flexibility index (Phi) is 6.46. The van der Waals surface area contributed by atoms with E-state index in [1.807, 2.05) is 60.7 Å². The summed E-state index contributed by atoms with van der Waals surface area (Å²) in [4.78, 5) is 18.2. The zero-order valence-corrected chi connectivity index (χ0v) is 19.0. The van der Waals surface area contributed by atoms with Crippen LogP contribution in [0.4, 0.5) is 10.3 Å². The second-order valence-electron chi connectivity index (χ2n) is 8.59. The summed E-state index contributed by atoms with van der Waals surface area (Å²) < 4.78 is 0. The Morgan fingerprint density at radius 3 is 2.06 bits per heavy atom. The molecule has 6 nitrogen and oxygen atoms in total. The highest BCUT2D eigenvalue weighted by Gasteiger charge is 2.28. The van der Waals surface area contributed by atoms with E-state index in [1.165, 1.54) is 37.0 Å². The molecule has 1 amide bonds. The lowest BCUT2D eigenvalue weighted by molar-refractivity contribution is -0.116. The van der Waals surface area contributed by atoms with Crippen molar-refractivity contribution >= 4 is 27.5 Å². The number of benzene rings is 2. The molecule has 7 heteroatoms. The predicted molar refractivity (Wildman–Crippen MR) is 129 cm³/mol. The number of amides is 1. The summed E-state index contributed by atoms with van der Waals surface area (Å²) in [6.45, 7) is 4.09. The minimum atomic E-state index is -0.389. The number of nitrogens with zero attached hydrogens (tertiary/aromatic N) is 4. The Morgan fingerprint density at radius 2 is 1.47 bits per heavy atom. The first kappa shape index (κ1) is 21.1. The largest absolute Gasteiger partial charge is 0.344 e. The van der Waals surface area contributed by atoms with Crippen LogP contribution in [0.25, 0.3) is 0 Å². The second kappa shape index (κ2) is 9.79. The SMILES string of the molecule is O=C(Nc1nnc(N2CCN(C3CCCC3)CC2)s1)C(c1ccccc1)c1ccccc1. The Bertz CT molecular complexity index is 972. The first-order chi connectivity index (χ1) is 15.8. The maximum Gasteiger partial charge on any atom is 0.238 e. The van der Waals surface area contributed by atoms with Crippen LogP contribution in [0.3, 0.4) is 0 Å².